The largest absolute Gasteiger partial charge is 0.382 e. The van der Waals surface area contributed by atoms with Gasteiger partial charge in [0.05, 0.1) is 6.04 Å². The second-order valence-electron chi connectivity index (χ2n) is 7.22. The first-order chi connectivity index (χ1) is 9.31. The van der Waals surface area contributed by atoms with E-state index < -0.39 is 6.04 Å². The van der Waals surface area contributed by atoms with E-state index in [2.05, 4.69) is 5.32 Å². The normalized spacial score (nSPS) is 18.9. The third-order valence-electron chi connectivity index (χ3n) is 4.50. The lowest BCUT2D eigenvalue weighted by Gasteiger charge is -2.32. The molecule has 0 aromatic carbocycles. The highest BCUT2D eigenvalue weighted by Gasteiger charge is 2.35. The van der Waals surface area contributed by atoms with Gasteiger partial charge in [0.25, 0.3) is 0 Å². The van der Waals surface area contributed by atoms with E-state index in [9.17, 15) is 4.79 Å². The smallest absolute Gasteiger partial charge is 0.237 e. The van der Waals surface area contributed by atoms with Crippen LogP contribution in [0.1, 0.15) is 59.8 Å². The fourth-order valence-corrected chi connectivity index (χ4v) is 2.85. The Hall–Kier alpha value is -0.320. The first-order valence-corrected chi connectivity index (χ1v) is 7.92. The molecule has 0 saturated heterocycles. The Morgan fingerprint density at radius 2 is 1.90 bits per heavy atom. The van der Waals surface area contributed by atoms with Gasteiger partial charge in [-0.3, -0.25) is 4.79 Å². The molecule has 0 aromatic rings. The van der Waals surface area contributed by atoms with Gasteiger partial charge < -0.3 is 15.8 Å². The van der Waals surface area contributed by atoms with Gasteiger partial charge in [0.2, 0.25) is 5.91 Å². The molecule has 1 fully saturated rings. The molecule has 1 aliphatic carbocycles. The fourth-order valence-electron chi connectivity index (χ4n) is 2.85. The number of hydrogen-bond donors (Lipinski definition) is 2. The van der Waals surface area contributed by atoms with E-state index in [1.807, 2.05) is 27.7 Å². The van der Waals surface area contributed by atoms with Crippen LogP contribution in [0.2, 0.25) is 0 Å². The molecule has 3 N–H and O–H groups in total. The molecule has 0 spiro atoms. The molecule has 1 saturated carbocycles. The molecule has 1 rings (SSSR count). The molecule has 1 aliphatic rings. The molecule has 0 heterocycles. The lowest BCUT2D eigenvalue weighted by Crippen LogP contribution is -2.50. The van der Waals surface area contributed by atoms with Gasteiger partial charge in [0, 0.05) is 19.8 Å². The molecule has 0 unspecified atom stereocenters. The highest BCUT2D eigenvalue weighted by molar-refractivity contribution is 5.85. The van der Waals surface area contributed by atoms with Crippen molar-refractivity contribution in [3.05, 3.63) is 0 Å². The molecule has 0 aromatic heterocycles. The van der Waals surface area contributed by atoms with Crippen LogP contribution in [-0.2, 0) is 9.53 Å². The Bertz CT molecular complexity index is 310. The average Bonchev–Trinajstić information content (AvgIpc) is 2.84. The number of amides is 1. The van der Waals surface area contributed by atoms with Crippen molar-refractivity contribution in [1.82, 2.24) is 5.32 Å². The number of hydrogen-bond acceptors (Lipinski definition) is 3. The van der Waals surface area contributed by atoms with Gasteiger partial charge in [0.15, 0.2) is 0 Å². The number of carbonyl (C=O) groups excluding carboxylic acids is 1. The number of ether oxygens (including phenoxy) is 1. The average molecular weight is 321 g/mol. The maximum absolute atomic E-state index is 12.2. The summed E-state index contributed by atoms with van der Waals surface area (Å²) in [7, 11) is 0. The molecule has 21 heavy (non-hydrogen) atoms. The number of rotatable bonds is 7. The summed E-state index contributed by atoms with van der Waals surface area (Å²) in [6.07, 6.45) is 5.92. The molecular formula is C16H33ClN2O2. The zero-order chi connectivity index (χ0) is 15.2. The summed E-state index contributed by atoms with van der Waals surface area (Å²) in [5, 5.41) is 3.08. The Kier molecular flexibility index (Phi) is 8.83. The summed E-state index contributed by atoms with van der Waals surface area (Å²) in [6.45, 7) is 10.3. The minimum atomic E-state index is -0.451. The van der Waals surface area contributed by atoms with Crippen molar-refractivity contribution < 1.29 is 9.53 Å². The first kappa shape index (κ1) is 20.7. The topological polar surface area (TPSA) is 64.3 Å². The zero-order valence-electron chi connectivity index (χ0n) is 14.0. The van der Waals surface area contributed by atoms with Crippen molar-refractivity contribution in [3.63, 3.8) is 0 Å². The first-order valence-electron chi connectivity index (χ1n) is 7.92. The van der Waals surface area contributed by atoms with Crippen molar-refractivity contribution >= 4 is 18.3 Å². The summed E-state index contributed by atoms with van der Waals surface area (Å²) in [5.41, 5.74) is 6.04. The molecular weight excluding hydrogens is 288 g/mol. The lowest BCUT2D eigenvalue weighted by molar-refractivity contribution is -0.125. The second-order valence-corrected chi connectivity index (χ2v) is 7.22. The molecule has 126 valence electrons. The predicted molar refractivity (Wildman–Crippen MR) is 89.7 cm³/mol. The fraction of sp³-hybridized carbons (Fsp3) is 0.938. The highest BCUT2D eigenvalue weighted by Crippen LogP contribution is 2.40. The Balaban J connectivity index is 0.00000400. The van der Waals surface area contributed by atoms with E-state index in [1.165, 1.54) is 25.7 Å². The lowest BCUT2D eigenvalue weighted by atomic mass is 9.82. The van der Waals surface area contributed by atoms with E-state index in [4.69, 9.17) is 10.5 Å². The maximum atomic E-state index is 12.2. The third kappa shape index (κ3) is 6.54. The van der Waals surface area contributed by atoms with E-state index in [1.54, 1.807) is 0 Å². The van der Waals surface area contributed by atoms with Crippen LogP contribution in [0.4, 0.5) is 0 Å². The highest BCUT2D eigenvalue weighted by atomic mass is 35.5. The van der Waals surface area contributed by atoms with Crippen LogP contribution in [0.25, 0.3) is 0 Å². The van der Waals surface area contributed by atoms with Crippen LogP contribution in [-0.4, -0.2) is 31.7 Å². The van der Waals surface area contributed by atoms with Crippen LogP contribution in [0, 0.1) is 10.8 Å². The SMILES string of the molecule is CCOCCC1(CNC(=O)[C@@H](N)C(C)(C)C)CCCC1.Cl. The van der Waals surface area contributed by atoms with Gasteiger partial charge in [-0.25, -0.2) is 0 Å². The van der Waals surface area contributed by atoms with Gasteiger partial charge in [0.1, 0.15) is 0 Å². The number of carbonyl (C=O) groups is 1. The Labute approximate surface area is 136 Å². The quantitative estimate of drug-likeness (QED) is 0.709. The van der Waals surface area contributed by atoms with Gasteiger partial charge in [-0.05, 0) is 37.0 Å². The molecule has 0 aliphatic heterocycles. The summed E-state index contributed by atoms with van der Waals surface area (Å²) >= 11 is 0. The van der Waals surface area contributed by atoms with Gasteiger partial charge in [-0.15, -0.1) is 12.4 Å². The van der Waals surface area contributed by atoms with Gasteiger partial charge in [-0.2, -0.15) is 0 Å². The van der Waals surface area contributed by atoms with Crippen molar-refractivity contribution in [3.8, 4) is 0 Å². The minimum Gasteiger partial charge on any atom is -0.382 e. The van der Waals surface area contributed by atoms with E-state index in [0.717, 1.165) is 26.2 Å². The predicted octanol–water partition coefficient (Wildman–Crippen LogP) is 2.88. The monoisotopic (exact) mass is 320 g/mol. The Morgan fingerprint density at radius 3 is 2.38 bits per heavy atom. The van der Waals surface area contributed by atoms with Crippen LogP contribution in [0.5, 0.6) is 0 Å². The number of nitrogens with one attached hydrogen (secondary N) is 1. The van der Waals surface area contributed by atoms with Crippen molar-refractivity contribution in [2.45, 2.75) is 65.8 Å². The van der Waals surface area contributed by atoms with Gasteiger partial charge in [-0.1, -0.05) is 33.6 Å². The second kappa shape index (κ2) is 8.96. The third-order valence-corrected chi connectivity index (χ3v) is 4.50. The number of halogens is 1. The summed E-state index contributed by atoms with van der Waals surface area (Å²) < 4.78 is 5.49. The molecule has 0 bridgehead atoms. The van der Waals surface area contributed by atoms with Crippen molar-refractivity contribution in [1.29, 1.82) is 0 Å². The summed E-state index contributed by atoms with van der Waals surface area (Å²) in [6, 6.07) is -0.451. The van der Waals surface area contributed by atoms with Crippen molar-refractivity contribution in [2.24, 2.45) is 16.6 Å². The standard InChI is InChI=1S/C16H32N2O2.ClH/c1-5-20-11-10-16(8-6-7-9-16)12-18-14(19)13(17)15(2,3)4;/h13H,5-12,17H2,1-4H3,(H,18,19);1H/t13-;/m1./s1. The molecule has 4 nitrogen and oxygen atoms in total. The maximum Gasteiger partial charge on any atom is 0.237 e. The summed E-state index contributed by atoms with van der Waals surface area (Å²) in [4.78, 5) is 12.2. The molecule has 0 radical (unpaired) electrons. The molecule has 5 heteroatoms. The summed E-state index contributed by atoms with van der Waals surface area (Å²) in [5.74, 6) is -0.0276. The molecule has 1 atom stereocenters. The Morgan fingerprint density at radius 1 is 1.33 bits per heavy atom. The van der Waals surface area contributed by atoms with Crippen molar-refractivity contribution in [2.75, 3.05) is 19.8 Å². The van der Waals surface area contributed by atoms with Crippen LogP contribution < -0.4 is 11.1 Å². The van der Waals surface area contributed by atoms with E-state index in [-0.39, 0.29) is 29.1 Å². The van der Waals surface area contributed by atoms with Crippen LogP contribution >= 0.6 is 12.4 Å². The van der Waals surface area contributed by atoms with E-state index >= 15 is 0 Å². The van der Waals surface area contributed by atoms with Gasteiger partial charge >= 0.3 is 0 Å². The molecule has 1 amide bonds. The van der Waals surface area contributed by atoms with Crippen LogP contribution in [0.15, 0.2) is 0 Å². The minimum absolute atomic E-state index is 0. The zero-order valence-corrected chi connectivity index (χ0v) is 14.9. The van der Waals surface area contributed by atoms with E-state index in [0.29, 0.717) is 0 Å². The van der Waals surface area contributed by atoms with Crippen LogP contribution in [0.3, 0.4) is 0 Å². The number of nitrogens with two attached hydrogens (primary N) is 1.